The molecule has 0 saturated heterocycles. The molecule has 0 aliphatic rings. The first-order valence-electron chi connectivity index (χ1n) is 19.8. The van der Waals surface area contributed by atoms with E-state index in [9.17, 15) is 20.0 Å². The van der Waals surface area contributed by atoms with Crippen molar-refractivity contribution in [2.45, 2.75) is 141 Å². The van der Waals surface area contributed by atoms with E-state index in [1.54, 1.807) is 29.0 Å². The van der Waals surface area contributed by atoms with Crippen LogP contribution in [0.1, 0.15) is 126 Å². The highest BCUT2D eigenvalue weighted by Crippen LogP contribution is 2.27. The molecule has 0 aliphatic carbocycles. The standard InChI is InChI=1S/C40H60FN6O6PS/c1-2-3-4-5-6-7-8-9-10-11-12-13-14-15-16-17-20-49-27-36(50-26-33-21-32(25-42)22-34(41)23-33)28-52-54(55)53-29-39(51-30-43)38(48)24-35-18-19-37-40(44)45-31-46-47(35)37/h18-19,21-23,31,36,38-39,48,54H,2-17,20,24,26-29H2,1H3,(H2,44,45,46)/t36-,38+,39-/m1/s1. The first-order chi connectivity index (χ1) is 26.8. The van der Waals surface area contributed by atoms with E-state index in [2.05, 4.69) is 17.0 Å². The third kappa shape index (κ3) is 19.0. The Balaban J connectivity index is 1.36. The Bertz CT molecular complexity index is 1620. The van der Waals surface area contributed by atoms with Crippen LogP contribution in [0.15, 0.2) is 36.7 Å². The average Bonchev–Trinajstić information content (AvgIpc) is 3.59. The van der Waals surface area contributed by atoms with E-state index < -0.39 is 31.3 Å². The molecule has 0 radical (unpaired) electrons. The smallest absolute Gasteiger partial charge is 0.286 e. The average molecular weight is 803 g/mol. The zero-order valence-corrected chi connectivity index (χ0v) is 34.2. The predicted octanol–water partition coefficient (Wildman–Crippen LogP) is 8.49. The fourth-order valence-electron chi connectivity index (χ4n) is 6.28. The third-order valence-corrected chi connectivity index (χ3v) is 10.9. The summed E-state index contributed by atoms with van der Waals surface area (Å²) in [6.45, 7) is 2.95. The first-order valence-corrected chi connectivity index (χ1v) is 22.3. The van der Waals surface area contributed by atoms with Gasteiger partial charge in [0.1, 0.15) is 23.8 Å². The van der Waals surface area contributed by atoms with Gasteiger partial charge in [-0.25, -0.2) is 13.9 Å². The molecule has 3 aromatic rings. The van der Waals surface area contributed by atoms with Crippen LogP contribution < -0.4 is 5.73 Å². The topological polar surface area (TPSA) is 170 Å². The molecular formula is C40H60FN6O6PS. The van der Waals surface area contributed by atoms with Crippen molar-refractivity contribution in [1.82, 2.24) is 14.6 Å². The number of nitrogens with two attached hydrogens (primary N) is 1. The van der Waals surface area contributed by atoms with Crippen molar-refractivity contribution in [2.75, 3.05) is 32.2 Å². The van der Waals surface area contributed by atoms with Crippen molar-refractivity contribution in [3.63, 3.8) is 0 Å². The van der Waals surface area contributed by atoms with Crippen LogP contribution in [0, 0.1) is 28.7 Å². The molecule has 0 saturated carbocycles. The van der Waals surface area contributed by atoms with E-state index in [0.29, 0.717) is 29.2 Å². The molecule has 12 nitrogen and oxygen atoms in total. The Kier molecular flexibility index (Phi) is 23.7. The number of ether oxygens (including phenoxy) is 3. The van der Waals surface area contributed by atoms with Gasteiger partial charge in [0.15, 0.2) is 19.1 Å². The molecule has 15 heteroatoms. The minimum atomic E-state index is -2.29. The maximum Gasteiger partial charge on any atom is 0.286 e. The molecule has 0 amide bonds. The highest BCUT2D eigenvalue weighted by Gasteiger charge is 2.24. The number of benzene rings is 1. The number of fused-ring (bicyclic) bond motifs is 1. The van der Waals surface area contributed by atoms with Gasteiger partial charge in [-0.1, -0.05) is 103 Å². The van der Waals surface area contributed by atoms with Gasteiger partial charge >= 0.3 is 0 Å². The molecule has 0 fully saturated rings. The maximum atomic E-state index is 14.0. The van der Waals surface area contributed by atoms with Gasteiger partial charge < -0.3 is 34.1 Å². The number of nitrogen functional groups attached to an aromatic ring is 1. The third-order valence-electron chi connectivity index (χ3n) is 9.38. The first kappa shape index (κ1) is 46.2. The maximum absolute atomic E-state index is 14.0. The van der Waals surface area contributed by atoms with E-state index in [0.717, 1.165) is 12.8 Å². The van der Waals surface area contributed by atoms with Crippen LogP contribution in [0.5, 0.6) is 0 Å². The van der Waals surface area contributed by atoms with Gasteiger partial charge in [-0.3, -0.25) is 0 Å². The van der Waals surface area contributed by atoms with Crippen LogP contribution in [-0.4, -0.2) is 64.4 Å². The molecule has 2 heterocycles. The summed E-state index contributed by atoms with van der Waals surface area (Å²) in [6, 6.07) is 9.51. The molecule has 0 spiro atoms. The van der Waals surface area contributed by atoms with Gasteiger partial charge in [-0.05, 0) is 54.1 Å². The van der Waals surface area contributed by atoms with Crippen molar-refractivity contribution in [3.8, 4) is 12.3 Å². The minimum absolute atomic E-state index is 0.0402. The van der Waals surface area contributed by atoms with Gasteiger partial charge in [0.2, 0.25) is 0 Å². The number of unbranched alkanes of at least 4 members (excludes halogenated alkanes) is 15. The summed E-state index contributed by atoms with van der Waals surface area (Å²) in [5.41, 5.74) is 7.86. The highest BCUT2D eigenvalue weighted by molar-refractivity contribution is 8.00. The van der Waals surface area contributed by atoms with Crippen molar-refractivity contribution in [1.29, 1.82) is 10.5 Å². The molecule has 1 aromatic carbocycles. The van der Waals surface area contributed by atoms with Gasteiger partial charge in [0.05, 0.1) is 44.2 Å². The van der Waals surface area contributed by atoms with Crippen LogP contribution in [0.3, 0.4) is 0 Å². The Morgan fingerprint density at radius 2 is 1.53 bits per heavy atom. The molecular weight excluding hydrogens is 743 g/mol. The lowest BCUT2D eigenvalue weighted by molar-refractivity contribution is -0.0467. The van der Waals surface area contributed by atoms with E-state index in [-0.39, 0.29) is 38.4 Å². The van der Waals surface area contributed by atoms with Gasteiger partial charge in [0.25, 0.3) is 6.26 Å². The number of nitrogens with zero attached hydrogens (tertiary/aromatic N) is 5. The second kappa shape index (κ2) is 28.2. The van der Waals surface area contributed by atoms with Crippen LogP contribution in [0.2, 0.25) is 0 Å². The second-order valence-corrected chi connectivity index (χ2v) is 16.0. The lowest BCUT2D eigenvalue weighted by Gasteiger charge is -2.22. The zero-order valence-electron chi connectivity index (χ0n) is 32.3. The number of anilines is 1. The lowest BCUT2D eigenvalue weighted by Crippen LogP contribution is -2.34. The van der Waals surface area contributed by atoms with Crippen LogP contribution in [0.25, 0.3) is 5.52 Å². The SMILES string of the molecule is CCCCCCCCCCCCCCCCCCOC[C@H](CO[PH](=S)OC[C@@H](OC#N)[C@@H](O)Cc1ccc2c(N)ncnn12)OCc1cc(F)cc(C#N)c1. The van der Waals surface area contributed by atoms with E-state index in [4.69, 9.17) is 40.8 Å². The summed E-state index contributed by atoms with van der Waals surface area (Å²) in [7, 11) is -2.29. The van der Waals surface area contributed by atoms with Crippen molar-refractivity contribution in [2.24, 2.45) is 0 Å². The van der Waals surface area contributed by atoms with Gasteiger partial charge in [0, 0.05) is 18.7 Å². The number of aromatic nitrogens is 3. The quantitative estimate of drug-likeness (QED) is 0.0351. The molecule has 3 rings (SSSR count). The van der Waals surface area contributed by atoms with Crippen molar-refractivity contribution >= 4 is 30.3 Å². The van der Waals surface area contributed by atoms with Crippen molar-refractivity contribution in [3.05, 3.63) is 59.3 Å². The highest BCUT2D eigenvalue weighted by atomic mass is 32.4. The molecule has 55 heavy (non-hydrogen) atoms. The molecule has 0 aliphatic heterocycles. The fraction of sp³-hybridized carbons (Fsp3) is 0.650. The number of aliphatic hydroxyl groups is 1. The summed E-state index contributed by atoms with van der Waals surface area (Å²) in [5, 5.41) is 33.5. The van der Waals surface area contributed by atoms with Gasteiger partial charge in [-0.15, -0.1) is 0 Å². The summed E-state index contributed by atoms with van der Waals surface area (Å²) >= 11 is 5.45. The van der Waals surface area contributed by atoms with Crippen LogP contribution in [0.4, 0.5) is 10.2 Å². The number of halogens is 1. The number of nitriles is 2. The normalized spacial score (nSPS) is 13.6. The number of aliphatic hydroxyl groups excluding tert-OH is 1. The Morgan fingerprint density at radius 3 is 2.16 bits per heavy atom. The molecule has 1 unspecified atom stereocenters. The second-order valence-electron chi connectivity index (χ2n) is 13.9. The number of rotatable bonds is 32. The summed E-state index contributed by atoms with van der Waals surface area (Å²) in [4.78, 5) is 3.97. The molecule has 0 bridgehead atoms. The van der Waals surface area contributed by atoms with Crippen LogP contribution in [-0.2, 0) is 48.1 Å². The Morgan fingerprint density at radius 1 is 0.891 bits per heavy atom. The minimum Gasteiger partial charge on any atom is -0.419 e. The van der Waals surface area contributed by atoms with E-state index >= 15 is 0 Å². The molecule has 304 valence electrons. The fourth-order valence-corrected chi connectivity index (χ4v) is 7.39. The number of hydrogen-bond donors (Lipinski definition) is 2. The molecule has 2 aromatic heterocycles. The molecule has 3 N–H and O–H groups in total. The van der Waals surface area contributed by atoms with Gasteiger partial charge in [-0.2, -0.15) is 15.6 Å². The Hall–Kier alpha value is -3.20. The summed E-state index contributed by atoms with van der Waals surface area (Å²) in [6.07, 6.45) is 21.1. The predicted molar refractivity (Wildman–Crippen MR) is 215 cm³/mol. The lowest BCUT2D eigenvalue weighted by atomic mass is 10.0. The zero-order chi connectivity index (χ0) is 39.5. The van der Waals surface area contributed by atoms with E-state index in [1.807, 2.05) is 6.07 Å². The molecule has 4 atom stereocenters. The number of hydrogen-bond acceptors (Lipinski definition) is 12. The van der Waals surface area contributed by atoms with Crippen molar-refractivity contribution < 1.29 is 32.8 Å². The summed E-state index contributed by atoms with van der Waals surface area (Å²) in [5.74, 6) is -0.219. The summed E-state index contributed by atoms with van der Waals surface area (Å²) < 4.78 is 44.3. The monoisotopic (exact) mass is 802 g/mol. The van der Waals surface area contributed by atoms with E-state index in [1.165, 1.54) is 108 Å². The Labute approximate surface area is 332 Å². The van der Waals surface area contributed by atoms with Crippen LogP contribution >= 0.6 is 7.15 Å². The largest absolute Gasteiger partial charge is 0.419 e.